The number of primary amides is 1. The number of nitrogens with two attached hydrogens (primary N) is 1. The van der Waals surface area contributed by atoms with Crippen molar-refractivity contribution in [3.05, 3.63) is 95.1 Å². The van der Waals surface area contributed by atoms with Crippen molar-refractivity contribution in [3.63, 3.8) is 0 Å². The average Bonchev–Trinajstić information content (AvgIpc) is 2.89. The number of rotatable bonds is 6. The van der Waals surface area contributed by atoms with E-state index in [1.54, 1.807) is 24.3 Å². The molecule has 1 heterocycles. The third-order valence-electron chi connectivity index (χ3n) is 5.78. The molecule has 1 fully saturated rings. The summed E-state index contributed by atoms with van der Waals surface area (Å²) in [6, 6.07) is 15.9. The van der Waals surface area contributed by atoms with Crippen molar-refractivity contribution in [2.45, 2.75) is 6.61 Å². The number of hydrogen-bond acceptors (Lipinski definition) is 4. The zero-order chi connectivity index (χ0) is 25.7. The van der Waals surface area contributed by atoms with Gasteiger partial charge in [-0.2, -0.15) is 0 Å². The molecule has 0 radical (unpaired) electrons. The van der Waals surface area contributed by atoms with Crippen molar-refractivity contribution in [2.75, 3.05) is 31.5 Å². The quantitative estimate of drug-likeness (QED) is 0.546. The number of piperazine rings is 1. The third kappa shape index (κ3) is 5.60. The molecular weight excluding hydrogens is 470 g/mol. The monoisotopic (exact) mass is 494 g/mol. The van der Waals surface area contributed by atoms with Crippen LogP contribution in [-0.4, -0.2) is 53.8 Å². The molecule has 1 aliphatic rings. The maximum Gasteiger partial charge on any atom is 0.322 e. The van der Waals surface area contributed by atoms with Gasteiger partial charge in [0.05, 0.1) is 16.8 Å². The molecule has 36 heavy (non-hydrogen) atoms. The van der Waals surface area contributed by atoms with Crippen molar-refractivity contribution >= 4 is 23.5 Å². The summed E-state index contributed by atoms with van der Waals surface area (Å²) in [5.41, 5.74) is 6.05. The highest BCUT2D eigenvalue weighted by molar-refractivity contribution is 5.96. The third-order valence-corrected chi connectivity index (χ3v) is 5.78. The molecule has 0 aliphatic carbocycles. The maximum absolute atomic E-state index is 14.5. The molecule has 0 unspecified atom stereocenters. The Morgan fingerprint density at radius 1 is 0.833 bits per heavy atom. The molecule has 0 saturated carbocycles. The Kier molecular flexibility index (Phi) is 7.43. The summed E-state index contributed by atoms with van der Waals surface area (Å²) in [4.78, 5) is 40.0. The van der Waals surface area contributed by atoms with Crippen LogP contribution in [0.2, 0.25) is 0 Å². The van der Waals surface area contributed by atoms with E-state index in [9.17, 15) is 23.2 Å². The van der Waals surface area contributed by atoms with Crippen molar-refractivity contribution in [3.8, 4) is 5.75 Å². The molecule has 10 heteroatoms. The van der Waals surface area contributed by atoms with Gasteiger partial charge in [-0.25, -0.2) is 13.6 Å². The standard InChI is InChI=1S/C26H24F2N4O4/c27-20-10-9-17(16-36-23-8-4-1-5-18(23)24(29)33)15-19(20)25(34)31-11-13-32(14-12-31)26(35)30-22-7-3-2-6-21(22)28/h1-10,15H,11-14,16H2,(H2,29,33)(H,30,35). The Morgan fingerprint density at radius 3 is 2.22 bits per heavy atom. The number of ether oxygens (including phenoxy) is 1. The fourth-order valence-electron chi connectivity index (χ4n) is 3.82. The Hall–Kier alpha value is -4.47. The molecule has 4 rings (SSSR count). The second-order valence-corrected chi connectivity index (χ2v) is 8.15. The van der Waals surface area contributed by atoms with E-state index >= 15 is 0 Å². The summed E-state index contributed by atoms with van der Waals surface area (Å²) in [6.45, 7) is 0.793. The van der Waals surface area contributed by atoms with Crippen LogP contribution < -0.4 is 15.8 Å². The van der Waals surface area contributed by atoms with Gasteiger partial charge in [-0.15, -0.1) is 0 Å². The van der Waals surface area contributed by atoms with Crippen molar-refractivity contribution in [2.24, 2.45) is 5.73 Å². The first kappa shape index (κ1) is 24.6. The molecule has 1 aliphatic heterocycles. The summed E-state index contributed by atoms with van der Waals surface area (Å²) in [6.07, 6.45) is 0. The van der Waals surface area contributed by atoms with Gasteiger partial charge in [0.15, 0.2) is 0 Å². The van der Waals surface area contributed by atoms with Crippen LogP contribution in [0.1, 0.15) is 26.3 Å². The lowest BCUT2D eigenvalue weighted by molar-refractivity contribution is 0.0666. The lowest BCUT2D eigenvalue weighted by Crippen LogP contribution is -2.51. The summed E-state index contributed by atoms with van der Waals surface area (Å²) < 4.78 is 34.0. The average molecular weight is 494 g/mol. The number of nitrogens with zero attached hydrogens (tertiary/aromatic N) is 2. The molecule has 8 nitrogen and oxygen atoms in total. The Bertz CT molecular complexity index is 1290. The SMILES string of the molecule is NC(=O)c1ccccc1OCc1ccc(F)c(C(=O)N2CCN(C(=O)Nc3ccccc3F)CC2)c1. The van der Waals surface area contributed by atoms with Gasteiger partial charge in [0.2, 0.25) is 0 Å². The van der Waals surface area contributed by atoms with Crippen LogP contribution in [0.15, 0.2) is 66.7 Å². The summed E-state index contributed by atoms with van der Waals surface area (Å²) in [5, 5.41) is 2.52. The molecule has 0 spiro atoms. The molecule has 3 aromatic carbocycles. The number of amides is 4. The first-order chi connectivity index (χ1) is 17.3. The second kappa shape index (κ2) is 10.9. The first-order valence-electron chi connectivity index (χ1n) is 11.2. The number of carbonyl (C=O) groups excluding carboxylic acids is 3. The Morgan fingerprint density at radius 2 is 1.50 bits per heavy atom. The zero-order valence-corrected chi connectivity index (χ0v) is 19.2. The van der Waals surface area contributed by atoms with E-state index in [0.29, 0.717) is 5.56 Å². The minimum absolute atomic E-state index is 0.00511. The van der Waals surface area contributed by atoms with Gasteiger partial charge in [-0.3, -0.25) is 9.59 Å². The molecule has 3 N–H and O–H groups in total. The number of para-hydroxylation sites is 2. The van der Waals surface area contributed by atoms with E-state index in [4.69, 9.17) is 10.5 Å². The smallest absolute Gasteiger partial charge is 0.322 e. The predicted octanol–water partition coefficient (Wildman–Crippen LogP) is 3.63. The lowest BCUT2D eigenvalue weighted by atomic mass is 10.1. The van der Waals surface area contributed by atoms with E-state index in [-0.39, 0.29) is 55.3 Å². The lowest BCUT2D eigenvalue weighted by Gasteiger charge is -2.34. The summed E-state index contributed by atoms with van der Waals surface area (Å²) in [5.74, 6) is -2.09. The van der Waals surface area contributed by atoms with Crippen molar-refractivity contribution in [1.29, 1.82) is 0 Å². The van der Waals surface area contributed by atoms with Crippen LogP contribution in [0, 0.1) is 11.6 Å². The van der Waals surface area contributed by atoms with Crippen LogP contribution in [0.4, 0.5) is 19.3 Å². The molecular formula is C26H24F2N4O4. The normalized spacial score (nSPS) is 13.3. The second-order valence-electron chi connectivity index (χ2n) is 8.15. The van der Waals surface area contributed by atoms with E-state index in [0.717, 1.165) is 0 Å². The number of halogens is 2. The number of benzene rings is 3. The molecule has 1 saturated heterocycles. The van der Waals surface area contributed by atoms with Crippen LogP contribution in [0.5, 0.6) is 5.75 Å². The maximum atomic E-state index is 14.5. The molecule has 186 valence electrons. The molecule has 0 atom stereocenters. The van der Waals surface area contributed by atoms with E-state index < -0.39 is 29.5 Å². The number of anilines is 1. The van der Waals surface area contributed by atoms with Gasteiger partial charge in [0.1, 0.15) is 24.0 Å². The number of carbonyl (C=O) groups is 3. The zero-order valence-electron chi connectivity index (χ0n) is 19.2. The van der Waals surface area contributed by atoms with Crippen molar-refractivity contribution < 1.29 is 27.9 Å². The van der Waals surface area contributed by atoms with Gasteiger partial charge in [-0.1, -0.05) is 30.3 Å². The van der Waals surface area contributed by atoms with Gasteiger partial charge in [0.25, 0.3) is 11.8 Å². The minimum atomic E-state index is -0.680. The molecule has 0 bridgehead atoms. The largest absolute Gasteiger partial charge is 0.488 e. The highest BCUT2D eigenvalue weighted by Crippen LogP contribution is 2.21. The Balaban J connectivity index is 1.37. The van der Waals surface area contributed by atoms with Crippen LogP contribution in [0.25, 0.3) is 0 Å². The molecule has 3 aromatic rings. The highest BCUT2D eigenvalue weighted by Gasteiger charge is 2.27. The number of nitrogens with one attached hydrogen (secondary N) is 1. The topological polar surface area (TPSA) is 105 Å². The van der Waals surface area contributed by atoms with E-state index in [1.165, 1.54) is 52.3 Å². The van der Waals surface area contributed by atoms with Gasteiger partial charge in [-0.05, 0) is 42.0 Å². The number of hydrogen-bond donors (Lipinski definition) is 2. The number of urea groups is 1. The summed E-state index contributed by atoms with van der Waals surface area (Å²) >= 11 is 0. The predicted molar refractivity (Wildman–Crippen MR) is 129 cm³/mol. The van der Waals surface area contributed by atoms with E-state index in [1.807, 2.05) is 0 Å². The van der Waals surface area contributed by atoms with E-state index in [2.05, 4.69) is 5.32 Å². The first-order valence-corrected chi connectivity index (χ1v) is 11.2. The van der Waals surface area contributed by atoms with Crippen LogP contribution >= 0.6 is 0 Å². The highest BCUT2D eigenvalue weighted by atomic mass is 19.1. The fraction of sp³-hybridized carbons (Fsp3) is 0.192. The fourth-order valence-corrected chi connectivity index (χ4v) is 3.82. The van der Waals surface area contributed by atoms with Crippen molar-refractivity contribution in [1.82, 2.24) is 9.80 Å². The molecule has 4 amide bonds. The Labute approximate surface area is 206 Å². The van der Waals surface area contributed by atoms with Gasteiger partial charge in [0, 0.05) is 26.2 Å². The van der Waals surface area contributed by atoms with Crippen LogP contribution in [0.3, 0.4) is 0 Å². The van der Waals surface area contributed by atoms with Gasteiger partial charge >= 0.3 is 6.03 Å². The summed E-state index contributed by atoms with van der Waals surface area (Å²) in [7, 11) is 0. The minimum Gasteiger partial charge on any atom is -0.488 e. The molecule has 0 aromatic heterocycles. The van der Waals surface area contributed by atoms with Crippen LogP contribution in [-0.2, 0) is 6.61 Å². The van der Waals surface area contributed by atoms with Gasteiger partial charge < -0.3 is 25.6 Å².